The van der Waals surface area contributed by atoms with E-state index >= 15 is 0 Å². The van der Waals surface area contributed by atoms with Crippen molar-refractivity contribution in [3.05, 3.63) is 59.2 Å². The minimum absolute atomic E-state index is 0.000748. The summed E-state index contributed by atoms with van der Waals surface area (Å²) in [5.41, 5.74) is 6.94. The van der Waals surface area contributed by atoms with Crippen molar-refractivity contribution in [3.8, 4) is 11.5 Å². The largest absolute Gasteiger partial charge is 0.504 e. The zero-order chi connectivity index (χ0) is 26.5. The molecule has 2 aromatic rings. The lowest BCUT2D eigenvalue weighted by Gasteiger charge is -2.24. The van der Waals surface area contributed by atoms with Gasteiger partial charge in [-0.25, -0.2) is 0 Å². The molecule has 36 heavy (non-hydrogen) atoms. The molecule has 0 spiro atoms. The number of carbonyl (C=O) groups is 2. The van der Waals surface area contributed by atoms with Crippen LogP contribution in [-0.2, 0) is 10.2 Å². The van der Waals surface area contributed by atoms with E-state index in [4.69, 9.17) is 15.9 Å². The summed E-state index contributed by atoms with van der Waals surface area (Å²) in [6.45, 7) is 8.99. The highest BCUT2D eigenvalue weighted by atomic mass is 16.5. The highest BCUT2D eigenvalue weighted by molar-refractivity contribution is 6.01. The van der Waals surface area contributed by atoms with Crippen LogP contribution in [0.1, 0.15) is 80.8 Å². The normalized spacial score (nSPS) is 17.9. The second-order valence-electron chi connectivity index (χ2n) is 10.7. The fraction of sp³-hybridized carbons (Fsp3) is 0.483. The van der Waals surface area contributed by atoms with Gasteiger partial charge in [-0.3, -0.25) is 15.0 Å². The van der Waals surface area contributed by atoms with E-state index in [0.717, 1.165) is 18.4 Å². The summed E-state index contributed by atoms with van der Waals surface area (Å²) >= 11 is 0. The van der Waals surface area contributed by atoms with Gasteiger partial charge in [0, 0.05) is 30.0 Å². The predicted octanol–water partition coefficient (Wildman–Crippen LogP) is 5.01. The van der Waals surface area contributed by atoms with E-state index in [1.807, 2.05) is 43.9 Å². The highest BCUT2D eigenvalue weighted by Crippen LogP contribution is 2.40. The van der Waals surface area contributed by atoms with Crippen molar-refractivity contribution in [1.29, 1.82) is 5.41 Å². The van der Waals surface area contributed by atoms with E-state index in [9.17, 15) is 14.7 Å². The molecule has 1 heterocycles. The highest BCUT2D eigenvalue weighted by Gasteiger charge is 2.38. The molecular weight excluding hydrogens is 454 g/mol. The first-order valence-corrected chi connectivity index (χ1v) is 12.7. The first-order valence-electron chi connectivity index (χ1n) is 12.7. The van der Waals surface area contributed by atoms with Crippen LogP contribution in [-0.4, -0.2) is 47.2 Å². The maximum atomic E-state index is 13.5. The molecule has 2 aromatic carbocycles. The zero-order valence-electron chi connectivity index (χ0n) is 21.8. The Balaban J connectivity index is 1.84. The number of nitrogens with zero attached hydrogens (tertiary/aromatic N) is 1. The Morgan fingerprint density at radius 1 is 1.19 bits per heavy atom. The third kappa shape index (κ3) is 6.45. The van der Waals surface area contributed by atoms with Crippen molar-refractivity contribution >= 4 is 17.5 Å². The molecule has 7 nitrogen and oxygen atoms in total. The van der Waals surface area contributed by atoms with Crippen LogP contribution in [0.15, 0.2) is 42.5 Å². The molecule has 2 atom stereocenters. The van der Waals surface area contributed by atoms with Crippen LogP contribution in [0.25, 0.3) is 0 Å². The van der Waals surface area contributed by atoms with Gasteiger partial charge in [0.25, 0.3) is 0 Å². The van der Waals surface area contributed by atoms with Crippen molar-refractivity contribution < 1.29 is 19.4 Å². The van der Waals surface area contributed by atoms with Crippen molar-refractivity contribution in [1.82, 2.24) is 4.90 Å². The lowest BCUT2D eigenvalue weighted by Crippen LogP contribution is -2.32. The van der Waals surface area contributed by atoms with Crippen molar-refractivity contribution in [3.63, 3.8) is 0 Å². The Bertz CT molecular complexity index is 1090. The molecule has 1 amide bonds. The number of ketones is 1. The van der Waals surface area contributed by atoms with Gasteiger partial charge in [-0.05, 0) is 41.9 Å². The molecule has 2 unspecified atom stereocenters. The summed E-state index contributed by atoms with van der Waals surface area (Å²) in [5, 5.41) is 19.7. The average molecular weight is 494 g/mol. The second kappa shape index (κ2) is 11.6. The zero-order valence-corrected chi connectivity index (χ0v) is 21.8. The van der Waals surface area contributed by atoms with E-state index in [0.29, 0.717) is 29.9 Å². The number of benzene rings is 2. The summed E-state index contributed by atoms with van der Waals surface area (Å²) in [7, 11) is 0. The van der Waals surface area contributed by atoms with Gasteiger partial charge in [0.05, 0.1) is 13.2 Å². The Hall–Kier alpha value is -3.35. The van der Waals surface area contributed by atoms with Gasteiger partial charge in [0.15, 0.2) is 17.3 Å². The summed E-state index contributed by atoms with van der Waals surface area (Å²) in [5.74, 6) is 0.420. The van der Waals surface area contributed by atoms with Crippen LogP contribution in [0.4, 0.5) is 0 Å². The minimum atomic E-state index is -0.420. The van der Waals surface area contributed by atoms with Gasteiger partial charge in [-0.15, -0.1) is 0 Å². The molecular formula is C29H39N3O4. The molecule has 1 fully saturated rings. The topological polar surface area (TPSA) is 117 Å². The Labute approximate surface area is 214 Å². The van der Waals surface area contributed by atoms with Crippen molar-refractivity contribution in [2.24, 2.45) is 11.7 Å². The number of Topliss-reactive ketones (excluding diaryl/α,β-unsaturated/α-hetero) is 1. The number of nitrogens with one attached hydrogen (secondary N) is 1. The smallest absolute Gasteiger partial charge is 0.217 e. The number of carbonyl (C=O) groups excluding carboxylic acids is 2. The number of hydrogen-bond donors (Lipinski definition) is 3. The number of nitrogens with two attached hydrogens (primary N) is 1. The Morgan fingerprint density at radius 3 is 2.50 bits per heavy atom. The van der Waals surface area contributed by atoms with E-state index in [1.165, 1.54) is 0 Å². The van der Waals surface area contributed by atoms with Gasteiger partial charge < -0.3 is 20.5 Å². The molecule has 1 aliphatic rings. The number of primary amides is 1. The van der Waals surface area contributed by atoms with Crippen molar-refractivity contribution in [2.45, 2.75) is 64.7 Å². The molecule has 194 valence electrons. The molecule has 1 aliphatic heterocycles. The molecule has 1 saturated heterocycles. The van der Waals surface area contributed by atoms with E-state index < -0.39 is 11.3 Å². The SMILES string of the molecule is CCCC1CN(CC(=O)c2cc(OCCCC(N)=O)c(O)c(C(C)(C)C)c2)C(=N)C1c1ccccc1. The second-order valence-corrected chi connectivity index (χ2v) is 10.7. The number of amidine groups is 1. The van der Waals surface area contributed by atoms with Gasteiger partial charge in [-0.2, -0.15) is 0 Å². The molecule has 0 saturated carbocycles. The number of aromatic hydroxyl groups is 1. The third-order valence-electron chi connectivity index (χ3n) is 6.74. The lowest BCUT2D eigenvalue weighted by atomic mass is 9.84. The van der Waals surface area contributed by atoms with E-state index in [-0.39, 0.29) is 48.7 Å². The van der Waals surface area contributed by atoms with E-state index in [2.05, 4.69) is 19.1 Å². The number of phenolic OH excluding ortho intramolecular Hbond substituents is 1. The van der Waals surface area contributed by atoms with Crippen LogP contribution >= 0.6 is 0 Å². The number of phenols is 1. The summed E-state index contributed by atoms with van der Waals surface area (Å²) in [6, 6.07) is 13.4. The molecule has 3 rings (SSSR count). The van der Waals surface area contributed by atoms with E-state index in [1.54, 1.807) is 12.1 Å². The van der Waals surface area contributed by atoms with Crippen LogP contribution in [0.2, 0.25) is 0 Å². The first-order chi connectivity index (χ1) is 17.0. The fourth-order valence-corrected chi connectivity index (χ4v) is 4.92. The lowest BCUT2D eigenvalue weighted by molar-refractivity contribution is -0.118. The van der Waals surface area contributed by atoms with Gasteiger partial charge in [0.2, 0.25) is 5.91 Å². The number of rotatable bonds is 11. The van der Waals surface area contributed by atoms with Gasteiger partial charge in [0.1, 0.15) is 5.84 Å². The van der Waals surface area contributed by atoms with Crippen LogP contribution in [0.5, 0.6) is 11.5 Å². The quantitative estimate of drug-likeness (QED) is 0.300. The van der Waals surface area contributed by atoms with Crippen molar-refractivity contribution in [2.75, 3.05) is 19.7 Å². The van der Waals surface area contributed by atoms with Crippen LogP contribution in [0.3, 0.4) is 0 Å². The molecule has 0 radical (unpaired) electrons. The molecule has 0 aliphatic carbocycles. The van der Waals surface area contributed by atoms with Gasteiger partial charge >= 0.3 is 0 Å². The number of amides is 1. The Kier molecular flexibility index (Phi) is 8.77. The number of hydrogen-bond acceptors (Lipinski definition) is 5. The van der Waals surface area contributed by atoms with Gasteiger partial charge in [-0.1, -0.05) is 64.4 Å². The molecule has 4 N–H and O–H groups in total. The van der Waals surface area contributed by atoms with Crippen LogP contribution < -0.4 is 10.5 Å². The summed E-state index contributed by atoms with van der Waals surface area (Å²) in [4.78, 5) is 26.4. The monoisotopic (exact) mass is 493 g/mol. The standard InChI is InChI=1S/C29H39N3O4/c1-5-10-20-17-32(28(31)26(20)19-11-7-6-8-12-19)18-23(33)21-15-22(29(2,3)4)27(35)24(16-21)36-14-9-13-25(30)34/h6-8,11-12,15-16,20,26,31,35H,5,9-10,13-14,17-18H2,1-4H3,(H2,30,34). The minimum Gasteiger partial charge on any atom is -0.504 e. The predicted molar refractivity (Wildman–Crippen MR) is 142 cm³/mol. The molecule has 0 aromatic heterocycles. The number of ether oxygens (including phenoxy) is 1. The fourth-order valence-electron chi connectivity index (χ4n) is 4.92. The average Bonchev–Trinajstić information content (AvgIpc) is 3.11. The Morgan fingerprint density at radius 2 is 1.89 bits per heavy atom. The first kappa shape index (κ1) is 27.2. The van der Waals surface area contributed by atoms with Crippen LogP contribution in [0, 0.1) is 11.3 Å². The maximum absolute atomic E-state index is 13.5. The summed E-state index contributed by atoms with van der Waals surface area (Å²) < 4.78 is 5.76. The maximum Gasteiger partial charge on any atom is 0.217 e. The summed E-state index contributed by atoms with van der Waals surface area (Å²) in [6.07, 6.45) is 2.61. The molecule has 0 bridgehead atoms. The number of likely N-dealkylation sites (tertiary alicyclic amines) is 1. The third-order valence-corrected chi connectivity index (χ3v) is 6.74. The molecule has 7 heteroatoms.